The zero-order valence-corrected chi connectivity index (χ0v) is 16.4. The summed E-state index contributed by atoms with van der Waals surface area (Å²) in [4.78, 5) is 34.0. The van der Waals surface area contributed by atoms with Crippen molar-refractivity contribution in [2.75, 3.05) is 32.7 Å². The number of benzene rings is 1. The lowest BCUT2D eigenvalue weighted by Crippen LogP contribution is -3.14. The molecule has 0 spiro atoms. The molecule has 1 amide bonds. The molecule has 1 aliphatic rings. The van der Waals surface area contributed by atoms with Gasteiger partial charge in [0.2, 0.25) is 0 Å². The van der Waals surface area contributed by atoms with Crippen molar-refractivity contribution < 1.29 is 14.1 Å². The van der Waals surface area contributed by atoms with E-state index in [2.05, 4.69) is 11.9 Å². The van der Waals surface area contributed by atoms with Crippen LogP contribution in [0.1, 0.15) is 22.8 Å². The molecule has 0 unspecified atom stereocenters. The van der Waals surface area contributed by atoms with Gasteiger partial charge in [0.25, 0.3) is 11.5 Å². The van der Waals surface area contributed by atoms with Crippen molar-refractivity contribution in [2.24, 2.45) is 0 Å². The number of hydrogen-bond donors (Lipinski definition) is 1. The van der Waals surface area contributed by atoms with Crippen LogP contribution in [0.25, 0.3) is 11.0 Å². The number of hydrogen-bond acceptors (Lipinski definition) is 3. The summed E-state index contributed by atoms with van der Waals surface area (Å²) in [6, 6.07) is 11.3. The first-order chi connectivity index (χ1) is 14.1. The summed E-state index contributed by atoms with van der Waals surface area (Å²) >= 11 is 0. The predicted octanol–water partition coefficient (Wildman–Crippen LogP) is 0.944. The van der Waals surface area contributed by atoms with E-state index in [1.54, 1.807) is 35.4 Å². The predicted molar refractivity (Wildman–Crippen MR) is 109 cm³/mol. The molecule has 1 saturated heterocycles. The number of pyridine rings is 2. The number of rotatable bonds is 4. The lowest BCUT2D eigenvalue weighted by molar-refractivity contribution is -0.902. The normalized spacial score (nSPS) is 15.0. The molecule has 0 saturated carbocycles. The molecule has 3 aromatic rings. The van der Waals surface area contributed by atoms with Crippen molar-refractivity contribution in [1.82, 2.24) is 14.5 Å². The van der Waals surface area contributed by atoms with E-state index in [4.69, 9.17) is 0 Å². The fraction of sp³-hybridized carbons (Fsp3) is 0.318. The minimum Gasteiger partial charge on any atom is -0.332 e. The van der Waals surface area contributed by atoms with Crippen LogP contribution in [0.4, 0.5) is 4.39 Å². The molecule has 1 N–H and O–H groups in total. The Morgan fingerprint density at radius 2 is 1.90 bits per heavy atom. The largest absolute Gasteiger partial charge is 0.332 e. The molecule has 0 atom stereocenters. The van der Waals surface area contributed by atoms with E-state index in [-0.39, 0.29) is 29.4 Å². The third kappa shape index (κ3) is 3.91. The highest BCUT2D eigenvalue weighted by molar-refractivity contribution is 5.97. The smallest absolute Gasteiger partial charge is 0.265 e. The van der Waals surface area contributed by atoms with Crippen LogP contribution < -0.4 is 10.5 Å². The number of halogens is 1. The SMILES string of the molecule is CC[NH+]1CCN(C(=O)c2cc3cccnc3n(Cc3ccc(F)cc3)c2=O)CC1. The maximum absolute atomic E-state index is 13.3. The second kappa shape index (κ2) is 8.13. The number of nitrogens with one attached hydrogen (secondary N) is 1. The van der Waals surface area contributed by atoms with E-state index in [0.717, 1.165) is 30.6 Å². The highest BCUT2D eigenvalue weighted by Crippen LogP contribution is 2.14. The lowest BCUT2D eigenvalue weighted by atomic mass is 10.1. The minimum absolute atomic E-state index is 0.160. The van der Waals surface area contributed by atoms with Crippen molar-refractivity contribution in [3.63, 3.8) is 0 Å². The molecule has 4 rings (SSSR count). The Morgan fingerprint density at radius 1 is 1.17 bits per heavy atom. The molecule has 0 bridgehead atoms. The van der Waals surface area contributed by atoms with Gasteiger partial charge in [0.05, 0.1) is 39.3 Å². The lowest BCUT2D eigenvalue weighted by Gasteiger charge is -2.31. The van der Waals surface area contributed by atoms with E-state index < -0.39 is 0 Å². The zero-order chi connectivity index (χ0) is 20.4. The van der Waals surface area contributed by atoms with Gasteiger partial charge >= 0.3 is 0 Å². The monoisotopic (exact) mass is 395 g/mol. The molecule has 0 aliphatic carbocycles. The van der Waals surface area contributed by atoms with Crippen molar-refractivity contribution in [1.29, 1.82) is 0 Å². The number of piperazine rings is 1. The molecule has 1 fully saturated rings. The van der Waals surface area contributed by atoms with Gasteiger partial charge in [0, 0.05) is 11.6 Å². The Labute approximate surface area is 168 Å². The molecule has 150 valence electrons. The Balaban J connectivity index is 1.73. The van der Waals surface area contributed by atoms with Gasteiger partial charge in [-0.3, -0.25) is 14.2 Å². The van der Waals surface area contributed by atoms with Crippen LogP contribution in [0.3, 0.4) is 0 Å². The zero-order valence-electron chi connectivity index (χ0n) is 16.4. The first-order valence-electron chi connectivity index (χ1n) is 9.92. The first-order valence-corrected chi connectivity index (χ1v) is 9.92. The number of aromatic nitrogens is 2. The van der Waals surface area contributed by atoms with Gasteiger partial charge in [-0.15, -0.1) is 0 Å². The van der Waals surface area contributed by atoms with Crippen LogP contribution in [0.15, 0.2) is 53.5 Å². The van der Waals surface area contributed by atoms with Crippen LogP contribution in [0.2, 0.25) is 0 Å². The van der Waals surface area contributed by atoms with Gasteiger partial charge in [-0.1, -0.05) is 12.1 Å². The summed E-state index contributed by atoms with van der Waals surface area (Å²) in [5.41, 5.74) is 1.08. The van der Waals surface area contributed by atoms with Gasteiger partial charge in [-0.25, -0.2) is 9.37 Å². The number of likely N-dealkylation sites (N-methyl/N-ethyl adjacent to an activating group) is 1. The van der Waals surface area contributed by atoms with Crippen LogP contribution >= 0.6 is 0 Å². The van der Waals surface area contributed by atoms with E-state index in [1.807, 2.05) is 6.07 Å². The number of carbonyl (C=O) groups excluding carboxylic acids is 1. The number of fused-ring (bicyclic) bond motifs is 1. The molecule has 0 radical (unpaired) electrons. The summed E-state index contributed by atoms with van der Waals surface area (Å²) < 4.78 is 14.8. The third-order valence-electron chi connectivity index (χ3n) is 5.59. The van der Waals surface area contributed by atoms with Gasteiger partial charge in [0.15, 0.2) is 0 Å². The molecule has 7 heteroatoms. The van der Waals surface area contributed by atoms with Crippen LogP contribution in [0, 0.1) is 5.82 Å². The van der Waals surface area contributed by atoms with E-state index in [9.17, 15) is 14.0 Å². The molecule has 2 aromatic heterocycles. The van der Waals surface area contributed by atoms with Crippen molar-refractivity contribution in [2.45, 2.75) is 13.5 Å². The van der Waals surface area contributed by atoms with Gasteiger partial charge in [-0.2, -0.15) is 0 Å². The first kappa shape index (κ1) is 19.3. The number of nitrogens with zero attached hydrogens (tertiary/aromatic N) is 3. The Hall–Kier alpha value is -3.06. The molecule has 6 nitrogen and oxygen atoms in total. The Bertz CT molecular complexity index is 1090. The maximum atomic E-state index is 13.3. The second-order valence-electron chi connectivity index (χ2n) is 7.39. The van der Waals surface area contributed by atoms with E-state index >= 15 is 0 Å². The number of quaternary nitrogens is 1. The van der Waals surface area contributed by atoms with Crippen molar-refractivity contribution in [3.8, 4) is 0 Å². The van der Waals surface area contributed by atoms with E-state index in [0.29, 0.717) is 18.7 Å². The molecule has 1 aliphatic heterocycles. The van der Waals surface area contributed by atoms with Crippen LogP contribution in [-0.2, 0) is 6.54 Å². The van der Waals surface area contributed by atoms with Gasteiger partial charge in [-0.05, 0) is 42.8 Å². The summed E-state index contributed by atoms with van der Waals surface area (Å²) in [5.74, 6) is -0.565. The number of amides is 1. The summed E-state index contributed by atoms with van der Waals surface area (Å²) in [5, 5.41) is 0.732. The quantitative estimate of drug-likeness (QED) is 0.716. The van der Waals surface area contributed by atoms with Crippen LogP contribution in [-0.4, -0.2) is 53.1 Å². The average Bonchev–Trinajstić information content (AvgIpc) is 2.76. The fourth-order valence-electron chi connectivity index (χ4n) is 3.83. The minimum atomic E-state index is -0.365. The standard InChI is InChI=1S/C22H23FN4O2/c1-2-25-10-12-26(13-11-25)21(28)19-14-17-4-3-9-24-20(17)27(22(19)29)15-16-5-7-18(23)8-6-16/h3-9,14H,2,10-13,15H2,1H3/p+1. The number of carbonyl (C=O) groups is 1. The summed E-state index contributed by atoms with van der Waals surface area (Å²) in [6.45, 7) is 6.46. The van der Waals surface area contributed by atoms with Crippen LogP contribution in [0.5, 0.6) is 0 Å². The fourth-order valence-corrected chi connectivity index (χ4v) is 3.83. The molecular formula is C22H24FN4O2+. The molecule has 1 aromatic carbocycles. The summed E-state index contributed by atoms with van der Waals surface area (Å²) in [7, 11) is 0. The molecular weight excluding hydrogens is 371 g/mol. The maximum Gasteiger partial charge on any atom is 0.265 e. The second-order valence-corrected chi connectivity index (χ2v) is 7.39. The van der Waals surface area contributed by atoms with E-state index in [1.165, 1.54) is 21.6 Å². The van der Waals surface area contributed by atoms with Crippen molar-refractivity contribution >= 4 is 16.9 Å². The van der Waals surface area contributed by atoms with Crippen molar-refractivity contribution in [3.05, 3.63) is 76.0 Å². The molecule has 3 heterocycles. The average molecular weight is 395 g/mol. The highest BCUT2D eigenvalue weighted by Gasteiger charge is 2.26. The van der Waals surface area contributed by atoms with Gasteiger partial charge in [0.1, 0.15) is 17.0 Å². The Kier molecular flexibility index (Phi) is 5.40. The van der Waals surface area contributed by atoms with Gasteiger partial charge < -0.3 is 9.80 Å². The Morgan fingerprint density at radius 3 is 2.59 bits per heavy atom. The summed E-state index contributed by atoms with van der Waals surface area (Å²) in [6.07, 6.45) is 1.62. The third-order valence-corrected chi connectivity index (χ3v) is 5.59. The highest BCUT2D eigenvalue weighted by atomic mass is 19.1. The topological polar surface area (TPSA) is 59.6 Å². The molecule has 29 heavy (non-hydrogen) atoms.